The van der Waals surface area contributed by atoms with Crippen LogP contribution in [0.15, 0.2) is 30.3 Å². The minimum Gasteiger partial charge on any atom is -0.393 e. The third-order valence-electron chi connectivity index (χ3n) is 3.69. The second-order valence-electron chi connectivity index (χ2n) is 5.21. The van der Waals surface area contributed by atoms with E-state index in [-0.39, 0.29) is 12.0 Å². The second-order valence-corrected chi connectivity index (χ2v) is 5.60. The number of carbonyl (C=O) groups is 1. The molecule has 1 aliphatic rings. The van der Waals surface area contributed by atoms with Gasteiger partial charge in [-0.05, 0) is 30.9 Å². The van der Waals surface area contributed by atoms with Crippen molar-refractivity contribution in [3.8, 4) is 0 Å². The van der Waals surface area contributed by atoms with Crippen molar-refractivity contribution in [2.24, 2.45) is 5.92 Å². The maximum Gasteiger partial charge on any atom is 0.252 e. The number of aliphatic hydroxyl groups is 1. The summed E-state index contributed by atoms with van der Waals surface area (Å²) in [6.45, 7) is 0.587. The highest BCUT2D eigenvalue weighted by atomic mass is 35.5. The van der Waals surface area contributed by atoms with E-state index in [2.05, 4.69) is 10.3 Å². The number of pyridine rings is 1. The number of fused-ring (bicyclic) bond motifs is 1. The number of hydrogen-bond acceptors (Lipinski definition) is 3. The molecule has 1 saturated carbocycles. The predicted molar refractivity (Wildman–Crippen MR) is 77.8 cm³/mol. The molecular formula is C15H15ClN2O2. The summed E-state index contributed by atoms with van der Waals surface area (Å²) < 4.78 is 0. The number of benzene rings is 1. The number of amides is 1. The van der Waals surface area contributed by atoms with Gasteiger partial charge in [-0.1, -0.05) is 29.8 Å². The van der Waals surface area contributed by atoms with Crippen molar-refractivity contribution in [2.75, 3.05) is 6.54 Å². The van der Waals surface area contributed by atoms with Crippen molar-refractivity contribution in [2.45, 2.75) is 18.9 Å². The van der Waals surface area contributed by atoms with E-state index in [0.29, 0.717) is 28.7 Å². The average Bonchev–Trinajstić information content (AvgIpc) is 2.41. The number of nitrogens with zero attached hydrogens (tertiary/aromatic N) is 1. The van der Waals surface area contributed by atoms with Crippen LogP contribution in [0.5, 0.6) is 0 Å². The molecule has 0 spiro atoms. The van der Waals surface area contributed by atoms with E-state index in [1.807, 2.05) is 24.3 Å². The maximum absolute atomic E-state index is 12.3. The lowest BCUT2D eigenvalue weighted by Crippen LogP contribution is -2.38. The molecule has 104 valence electrons. The van der Waals surface area contributed by atoms with Gasteiger partial charge in [0.2, 0.25) is 0 Å². The van der Waals surface area contributed by atoms with Crippen LogP contribution in [0.25, 0.3) is 10.9 Å². The van der Waals surface area contributed by atoms with Gasteiger partial charge in [0, 0.05) is 11.9 Å². The van der Waals surface area contributed by atoms with Crippen LogP contribution in [-0.2, 0) is 0 Å². The van der Waals surface area contributed by atoms with Gasteiger partial charge in [-0.3, -0.25) is 4.79 Å². The summed E-state index contributed by atoms with van der Waals surface area (Å²) in [5.74, 6) is 0.226. The molecule has 1 aromatic heterocycles. The molecule has 1 heterocycles. The smallest absolute Gasteiger partial charge is 0.252 e. The van der Waals surface area contributed by atoms with Crippen LogP contribution in [-0.4, -0.2) is 28.6 Å². The van der Waals surface area contributed by atoms with Crippen LogP contribution in [0, 0.1) is 5.92 Å². The Morgan fingerprint density at radius 2 is 2.15 bits per heavy atom. The van der Waals surface area contributed by atoms with Crippen molar-refractivity contribution >= 4 is 28.4 Å². The molecule has 1 fully saturated rings. The molecule has 1 aromatic carbocycles. The molecule has 20 heavy (non-hydrogen) atoms. The Bertz CT molecular complexity index is 653. The van der Waals surface area contributed by atoms with E-state index >= 15 is 0 Å². The molecule has 0 saturated heterocycles. The molecule has 3 rings (SSSR count). The topological polar surface area (TPSA) is 62.2 Å². The van der Waals surface area contributed by atoms with Gasteiger partial charge in [0.25, 0.3) is 5.91 Å². The molecule has 0 radical (unpaired) electrons. The lowest BCUT2D eigenvalue weighted by Gasteiger charge is -2.31. The molecule has 0 aliphatic heterocycles. The van der Waals surface area contributed by atoms with Crippen LogP contribution in [0.2, 0.25) is 5.15 Å². The molecular weight excluding hydrogens is 276 g/mol. The lowest BCUT2D eigenvalue weighted by molar-refractivity contribution is 0.0420. The van der Waals surface area contributed by atoms with E-state index in [1.165, 1.54) is 0 Å². The Kier molecular flexibility index (Phi) is 3.59. The Morgan fingerprint density at radius 3 is 2.90 bits per heavy atom. The van der Waals surface area contributed by atoms with Gasteiger partial charge in [-0.15, -0.1) is 0 Å². The summed E-state index contributed by atoms with van der Waals surface area (Å²) in [6, 6.07) is 9.02. The number of halogens is 1. The highest BCUT2D eigenvalue weighted by Gasteiger charge is 2.27. The number of aliphatic hydroxyl groups excluding tert-OH is 1. The van der Waals surface area contributed by atoms with Crippen LogP contribution >= 0.6 is 11.6 Å². The first-order valence-corrected chi connectivity index (χ1v) is 7.03. The highest BCUT2D eigenvalue weighted by Crippen LogP contribution is 2.26. The van der Waals surface area contributed by atoms with Crippen LogP contribution in [0.3, 0.4) is 0 Å². The quantitative estimate of drug-likeness (QED) is 0.853. The van der Waals surface area contributed by atoms with Gasteiger partial charge < -0.3 is 10.4 Å². The summed E-state index contributed by atoms with van der Waals surface area (Å²) in [6.07, 6.45) is 1.32. The number of para-hydroxylation sites is 1. The van der Waals surface area contributed by atoms with Gasteiger partial charge in [-0.25, -0.2) is 4.98 Å². The van der Waals surface area contributed by atoms with Gasteiger partial charge in [0.15, 0.2) is 0 Å². The number of rotatable bonds is 3. The Balaban J connectivity index is 1.80. The Labute approximate surface area is 121 Å². The first kappa shape index (κ1) is 13.3. The number of carbonyl (C=O) groups excluding carboxylic acids is 1. The van der Waals surface area contributed by atoms with Crippen LogP contribution in [0.4, 0.5) is 0 Å². The van der Waals surface area contributed by atoms with E-state index < -0.39 is 0 Å². The van der Waals surface area contributed by atoms with E-state index in [0.717, 1.165) is 18.2 Å². The minimum absolute atomic E-state index is 0.146. The fourth-order valence-electron chi connectivity index (χ4n) is 2.53. The lowest BCUT2D eigenvalue weighted by atomic mass is 9.82. The Hall–Kier alpha value is -1.65. The van der Waals surface area contributed by atoms with E-state index in [1.54, 1.807) is 6.07 Å². The van der Waals surface area contributed by atoms with Gasteiger partial charge in [0.05, 0.1) is 17.2 Å². The summed E-state index contributed by atoms with van der Waals surface area (Å²) >= 11 is 5.96. The zero-order valence-electron chi connectivity index (χ0n) is 10.8. The third-order valence-corrected chi connectivity index (χ3v) is 3.89. The first-order chi connectivity index (χ1) is 9.63. The van der Waals surface area contributed by atoms with Crippen molar-refractivity contribution in [3.05, 3.63) is 41.0 Å². The summed E-state index contributed by atoms with van der Waals surface area (Å²) in [5.41, 5.74) is 1.25. The molecule has 4 nitrogen and oxygen atoms in total. The average molecular weight is 291 g/mol. The highest BCUT2D eigenvalue weighted by molar-refractivity contribution is 6.30. The third kappa shape index (κ3) is 2.62. The summed E-state index contributed by atoms with van der Waals surface area (Å²) in [4.78, 5) is 16.5. The predicted octanol–water partition coefficient (Wildman–Crippen LogP) is 2.39. The standard InChI is InChI=1S/C15H15ClN2O2/c16-14-7-12(11-3-1-2-4-13(11)18-14)15(20)17-8-9-5-10(19)6-9/h1-4,7,9-10,19H,5-6,8H2,(H,17,20). The molecule has 0 atom stereocenters. The number of hydrogen-bond donors (Lipinski definition) is 2. The fraction of sp³-hybridized carbons (Fsp3) is 0.333. The fourth-order valence-corrected chi connectivity index (χ4v) is 2.73. The maximum atomic E-state index is 12.3. The monoisotopic (exact) mass is 290 g/mol. The summed E-state index contributed by atoms with van der Waals surface area (Å²) in [7, 11) is 0. The zero-order valence-corrected chi connectivity index (χ0v) is 11.6. The Morgan fingerprint density at radius 1 is 1.40 bits per heavy atom. The second kappa shape index (κ2) is 5.38. The minimum atomic E-state index is -0.201. The molecule has 1 amide bonds. The molecule has 2 N–H and O–H groups in total. The molecule has 0 bridgehead atoms. The van der Waals surface area contributed by atoms with Crippen LogP contribution < -0.4 is 5.32 Å². The number of nitrogens with one attached hydrogen (secondary N) is 1. The van der Waals surface area contributed by atoms with E-state index in [4.69, 9.17) is 11.6 Å². The molecule has 0 unspecified atom stereocenters. The molecule has 2 aromatic rings. The molecule has 1 aliphatic carbocycles. The first-order valence-electron chi connectivity index (χ1n) is 6.65. The van der Waals surface area contributed by atoms with Crippen LogP contribution in [0.1, 0.15) is 23.2 Å². The van der Waals surface area contributed by atoms with Gasteiger partial charge in [-0.2, -0.15) is 0 Å². The summed E-state index contributed by atoms with van der Waals surface area (Å²) in [5, 5.41) is 13.3. The van der Waals surface area contributed by atoms with Crippen molar-refractivity contribution in [3.63, 3.8) is 0 Å². The van der Waals surface area contributed by atoms with Gasteiger partial charge in [0.1, 0.15) is 5.15 Å². The zero-order chi connectivity index (χ0) is 14.1. The van der Waals surface area contributed by atoms with Gasteiger partial charge >= 0.3 is 0 Å². The normalized spacial score (nSPS) is 21.5. The largest absolute Gasteiger partial charge is 0.393 e. The molecule has 5 heteroatoms. The van der Waals surface area contributed by atoms with Crippen molar-refractivity contribution < 1.29 is 9.90 Å². The number of aromatic nitrogens is 1. The SMILES string of the molecule is O=C(NCC1CC(O)C1)c1cc(Cl)nc2ccccc12. The van der Waals surface area contributed by atoms with Crippen molar-refractivity contribution in [1.29, 1.82) is 0 Å². The van der Waals surface area contributed by atoms with Crippen molar-refractivity contribution in [1.82, 2.24) is 10.3 Å². The van der Waals surface area contributed by atoms with E-state index in [9.17, 15) is 9.90 Å².